The fourth-order valence-electron chi connectivity index (χ4n) is 5.14. The zero-order valence-corrected chi connectivity index (χ0v) is 19.3. The van der Waals surface area contributed by atoms with Crippen LogP contribution in [0.1, 0.15) is 34.7 Å². The molecule has 0 saturated carbocycles. The molecule has 4 aromatic rings. The molecule has 4 heteroatoms. The Balaban J connectivity index is 1.24. The van der Waals surface area contributed by atoms with E-state index >= 15 is 0 Å². The SMILES string of the molecule is Cc1ccc([C@@H](c2ccccc2)[NH+]2CCN(C(=O)CCc3c[nH]c4ccccc34)CC2)cc1. The van der Waals surface area contributed by atoms with Gasteiger partial charge in [-0.2, -0.15) is 0 Å². The lowest BCUT2D eigenvalue weighted by molar-refractivity contribution is -0.929. The molecule has 0 radical (unpaired) electrons. The number of carbonyl (C=O) groups excluding carboxylic acids is 1. The van der Waals surface area contributed by atoms with Gasteiger partial charge in [-0.25, -0.2) is 0 Å². The first-order valence-corrected chi connectivity index (χ1v) is 12.0. The maximum Gasteiger partial charge on any atom is 0.223 e. The molecule has 4 nitrogen and oxygen atoms in total. The van der Waals surface area contributed by atoms with Crippen molar-refractivity contribution in [1.82, 2.24) is 9.88 Å². The Kier molecular flexibility index (Phi) is 6.27. The number of H-pyrrole nitrogens is 1. The van der Waals surface area contributed by atoms with Gasteiger partial charge in [-0.15, -0.1) is 0 Å². The zero-order chi connectivity index (χ0) is 22.6. The molecule has 0 bridgehead atoms. The molecule has 1 saturated heterocycles. The van der Waals surface area contributed by atoms with Gasteiger partial charge in [0.2, 0.25) is 5.91 Å². The highest BCUT2D eigenvalue weighted by molar-refractivity contribution is 5.84. The Morgan fingerprint density at radius 1 is 0.909 bits per heavy atom. The molecular weight excluding hydrogens is 406 g/mol. The summed E-state index contributed by atoms with van der Waals surface area (Å²) in [6.45, 7) is 5.70. The van der Waals surface area contributed by atoms with Gasteiger partial charge in [-0.1, -0.05) is 78.4 Å². The molecule has 2 N–H and O–H groups in total. The summed E-state index contributed by atoms with van der Waals surface area (Å²) < 4.78 is 0. The normalized spacial score (nSPS) is 15.6. The molecule has 1 atom stereocenters. The van der Waals surface area contributed by atoms with Gasteiger partial charge < -0.3 is 14.8 Å². The Morgan fingerprint density at radius 2 is 1.58 bits per heavy atom. The number of aromatic nitrogens is 1. The smallest absolute Gasteiger partial charge is 0.223 e. The topological polar surface area (TPSA) is 40.5 Å². The molecule has 5 rings (SSSR count). The number of para-hydroxylation sites is 1. The molecule has 0 unspecified atom stereocenters. The number of benzene rings is 3. The van der Waals surface area contributed by atoms with Gasteiger partial charge in [0.25, 0.3) is 0 Å². The van der Waals surface area contributed by atoms with E-state index in [1.165, 1.54) is 32.5 Å². The number of piperazine rings is 1. The molecule has 168 valence electrons. The summed E-state index contributed by atoms with van der Waals surface area (Å²) in [4.78, 5) is 19.9. The number of hydrogen-bond acceptors (Lipinski definition) is 1. The van der Waals surface area contributed by atoms with Crippen LogP contribution in [0.5, 0.6) is 0 Å². The highest BCUT2D eigenvalue weighted by Crippen LogP contribution is 2.21. The lowest BCUT2D eigenvalue weighted by Crippen LogP contribution is -3.15. The lowest BCUT2D eigenvalue weighted by atomic mass is 9.95. The molecule has 1 aliphatic rings. The molecule has 2 heterocycles. The van der Waals surface area contributed by atoms with Gasteiger partial charge in [-0.05, 0) is 25.0 Å². The standard InChI is InChI=1S/C29H31N3O/c1-22-11-13-24(14-12-22)29(23-7-3-2-4-8-23)32-19-17-31(18-20-32)28(33)16-15-25-21-30-27-10-6-5-9-26(25)27/h2-14,21,29-30H,15-20H2,1H3/p+1/t29-/m1/s1. The van der Waals surface area contributed by atoms with Crippen LogP contribution in [-0.2, 0) is 11.2 Å². The van der Waals surface area contributed by atoms with Gasteiger partial charge in [0.05, 0.1) is 26.2 Å². The van der Waals surface area contributed by atoms with Crippen molar-refractivity contribution in [3.8, 4) is 0 Å². The van der Waals surface area contributed by atoms with Crippen molar-refractivity contribution in [1.29, 1.82) is 0 Å². The average Bonchev–Trinajstić information content (AvgIpc) is 3.28. The van der Waals surface area contributed by atoms with Crippen molar-refractivity contribution in [2.24, 2.45) is 0 Å². The van der Waals surface area contributed by atoms with Crippen LogP contribution in [0.4, 0.5) is 0 Å². The van der Waals surface area contributed by atoms with E-state index < -0.39 is 0 Å². The maximum atomic E-state index is 13.0. The molecule has 0 spiro atoms. The predicted octanol–water partition coefficient (Wildman–Crippen LogP) is 3.93. The number of nitrogens with zero attached hydrogens (tertiary/aromatic N) is 1. The summed E-state index contributed by atoms with van der Waals surface area (Å²) in [5.41, 5.74) is 6.34. The van der Waals surface area contributed by atoms with Crippen LogP contribution in [0.3, 0.4) is 0 Å². The lowest BCUT2D eigenvalue weighted by Gasteiger charge is -2.37. The van der Waals surface area contributed by atoms with Crippen LogP contribution >= 0.6 is 0 Å². The Hall–Kier alpha value is -3.37. The Morgan fingerprint density at radius 3 is 2.33 bits per heavy atom. The first-order valence-electron chi connectivity index (χ1n) is 12.0. The molecule has 1 aromatic heterocycles. The number of hydrogen-bond donors (Lipinski definition) is 2. The van der Waals surface area contributed by atoms with Gasteiger partial charge in [0.15, 0.2) is 0 Å². The third kappa shape index (κ3) is 4.71. The van der Waals surface area contributed by atoms with Gasteiger partial charge in [0, 0.05) is 34.6 Å². The number of nitrogens with one attached hydrogen (secondary N) is 2. The van der Waals surface area contributed by atoms with Crippen LogP contribution in [0, 0.1) is 6.92 Å². The number of carbonyl (C=O) groups is 1. The largest absolute Gasteiger partial charge is 0.361 e. The van der Waals surface area contributed by atoms with Crippen LogP contribution in [-0.4, -0.2) is 42.0 Å². The van der Waals surface area contributed by atoms with Crippen LogP contribution in [0.15, 0.2) is 85.1 Å². The van der Waals surface area contributed by atoms with Crippen molar-refractivity contribution < 1.29 is 9.69 Å². The average molecular weight is 439 g/mol. The van der Waals surface area contributed by atoms with E-state index in [1.54, 1.807) is 0 Å². The van der Waals surface area contributed by atoms with Gasteiger partial charge >= 0.3 is 0 Å². The second kappa shape index (κ2) is 9.63. The molecule has 1 amide bonds. The van der Waals surface area contributed by atoms with E-state index in [0.717, 1.165) is 38.1 Å². The molecule has 1 aliphatic heterocycles. The number of quaternary nitrogens is 1. The van der Waals surface area contributed by atoms with Crippen LogP contribution < -0.4 is 4.90 Å². The van der Waals surface area contributed by atoms with Crippen molar-refractivity contribution in [2.75, 3.05) is 26.2 Å². The summed E-state index contributed by atoms with van der Waals surface area (Å²) in [5.74, 6) is 0.269. The number of amides is 1. The molecule has 33 heavy (non-hydrogen) atoms. The van der Waals surface area contributed by atoms with Crippen molar-refractivity contribution >= 4 is 16.8 Å². The number of fused-ring (bicyclic) bond motifs is 1. The number of rotatable bonds is 6. The fourth-order valence-corrected chi connectivity index (χ4v) is 5.14. The van der Waals surface area contributed by atoms with Crippen molar-refractivity contribution in [2.45, 2.75) is 25.8 Å². The maximum absolute atomic E-state index is 13.0. The van der Waals surface area contributed by atoms with E-state index in [1.807, 2.05) is 12.3 Å². The number of aryl methyl sites for hydroxylation is 2. The third-order valence-electron chi connectivity index (χ3n) is 6.99. The number of aromatic amines is 1. The second-order valence-corrected chi connectivity index (χ2v) is 9.15. The second-order valence-electron chi connectivity index (χ2n) is 9.15. The highest BCUT2D eigenvalue weighted by Gasteiger charge is 2.31. The fraction of sp³-hybridized carbons (Fsp3) is 0.276. The first kappa shape index (κ1) is 21.5. The molecule has 1 fully saturated rings. The van der Waals surface area contributed by atoms with E-state index in [9.17, 15) is 4.79 Å². The summed E-state index contributed by atoms with van der Waals surface area (Å²) >= 11 is 0. The van der Waals surface area contributed by atoms with Gasteiger partial charge in [0.1, 0.15) is 6.04 Å². The minimum Gasteiger partial charge on any atom is -0.361 e. The summed E-state index contributed by atoms with van der Waals surface area (Å²) in [5, 5.41) is 1.23. The van der Waals surface area contributed by atoms with E-state index in [-0.39, 0.29) is 5.91 Å². The minimum absolute atomic E-state index is 0.269. The van der Waals surface area contributed by atoms with Crippen LogP contribution in [0.25, 0.3) is 10.9 Å². The third-order valence-corrected chi connectivity index (χ3v) is 6.99. The Bertz CT molecular complexity index is 1200. The summed E-state index contributed by atoms with van der Waals surface area (Å²) in [6, 6.07) is 28.3. The molecule has 0 aliphatic carbocycles. The minimum atomic E-state index is 0.269. The molecular formula is C29H32N3O+. The van der Waals surface area contributed by atoms with E-state index in [0.29, 0.717) is 12.5 Å². The van der Waals surface area contributed by atoms with Crippen molar-refractivity contribution in [3.63, 3.8) is 0 Å². The summed E-state index contributed by atoms with van der Waals surface area (Å²) in [6.07, 6.45) is 3.40. The van der Waals surface area contributed by atoms with E-state index in [2.05, 4.69) is 89.6 Å². The predicted molar refractivity (Wildman–Crippen MR) is 133 cm³/mol. The summed E-state index contributed by atoms with van der Waals surface area (Å²) in [7, 11) is 0. The van der Waals surface area contributed by atoms with E-state index in [4.69, 9.17) is 0 Å². The van der Waals surface area contributed by atoms with Crippen molar-refractivity contribution in [3.05, 3.63) is 107 Å². The van der Waals surface area contributed by atoms with Gasteiger partial charge in [-0.3, -0.25) is 4.79 Å². The van der Waals surface area contributed by atoms with Crippen LogP contribution in [0.2, 0.25) is 0 Å². The zero-order valence-electron chi connectivity index (χ0n) is 19.3. The first-order chi connectivity index (χ1) is 16.2. The molecule has 3 aromatic carbocycles. The monoisotopic (exact) mass is 438 g/mol. The highest BCUT2D eigenvalue weighted by atomic mass is 16.2. The Labute approximate surface area is 195 Å². The quantitative estimate of drug-likeness (QED) is 0.471.